The van der Waals surface area contributed by atoms with Crippen molar-refractivity contribution < 1.29 is 9.53 Å². The fourth-order valence-corrected chi connectivity index (χ4v) is 0.753. The average Bonchev–Trinajstić information content (AvgIpc) is 2.35. The molecule has 0 aliphatic rings. The van der Waals surface area contributed by atoms with Gasteiger partial charge in [-0.2, -0.15) is 0 Å². The number of nitrogens with zero attached hydrogens (tertiary/aromatic N) is 1. The topological polar surface area (TPSA) is 43.3 Å². The summed E-state index contributed by atoms with van der Waals surface area (Å²) in [6.45, 7) is 0. The number of ether oxygens (including phenoxy) is 1. The third kappa shape index (κ3) is 2.16. The van der Waals surface area contributed by atoms with Crippen molar-refractivity contribution in [2.75, 3.05) is 12.5 Å². The number of carbonyl (C=O) groups is 1. The van der Waals surface area contributed by atoms with Gasteiger partial charge in [-0.3, -0.25) is 4.68 Å². The Hall–Kier alpha value is -1.16. The standard InChI is InChI=1S/C6H7ClN2O2/c1-11-6(10)8-9-3-2-5(7)4-9/h2-4H,1H3,(H,8,10). The van der Waals surface area contributed by atoms with Crippen LogP contribution >= 0.6 is 11.6 Å². The van der Waals surface area contributed by atoms with Crippen LogP contribution in [0.1, 0.15) is 0 Å². The summed E-state index contributed by atoms with van der Waals surface area (Å²) >= 11 is 5.57. The molecule has 1 amide bonds. The van der Waals surface area contributed by atoms with E-state index < -0.39 is 6.09 Å². The van der Waals surface area contributed by atoms with Crippen molar-refractivity contribution in [3.63, 3.8) is 0 Å². The first-order valence-electron chi connectivity index (χ1n) is 2.91. The van der Waals surface area contributed by atoms with E-state index in [2.05, 4.69) is 10.2 Å². The van der Waals surface area contributed by atoms with Crippen molar-refractivity contribution in [2.45, 2.75) is 0 Å². The van der Waals surface area contributed by atoms with Gasteiger partial charge in [0.15, 0.2) is 0 Å². The minimum Gasteiger partial charge on any atom is -0.452 e. The Bertz CT molecular complexity index is 259. The highest BCUT2D eigenvalue weighted by Gasteiger charge is 1.98. The summed E-state index contributed by atoms with van der Waals surface area (Å²) in [5.41, 5.74) is 2.38. The number of amides is 1. The van der Waals surface area contributed by atoms with Crippen molar-refractivity contribution >= 4 is 17.7 Å². The normalized spacial score (nSPS) is 9.27. The Kier molecular flexibility index (Phi) is 2.38. The Morgan fingerprint density at radius 3 is 3.00 bits per heavy atom. The van der Waals surface area contributed by atoms with E-state index >= 15 is 0 Å². The zero-order chi connectivity index (χ0) is 8.27. The number of hydrogen-bond acceptors (Lipinski definition) is 2. The van der Waals surface area contributed by atoms with E-state index in [1.165, 1.54) is 11.8 Å². The number of rotatable bonds is 1. The Balaban J connectivity index is 2.57. The van der Waals surface area contributed by atoms with Crippen LogP contribution in [0.4, 0.5) is 4.79 Å². The van der Waals surface area contributed by atoms with Crippen molar-refractivity contribution in [1.29, 1.82) is 0 Å². The minimum absolute atomic E-state index is 0.530. The lowest BCUT2D eigenvalue weighted by Crippen LogP contribution is -2.20. The molecule has 0 fully saturated rings. The molecule has 4 nitrogen and oxygen atoms in total. The summed E-state index contributed by atoms with van der Waals surface area (Å²) in [7, 11) is 1.29. The summed E-state index contributed by atoms with van der Waals surface area (Å²) in [6.07, 6.45) is 2.63. The van der Waals surface area contributed by atoms with E-state index in [4.69, 9.17) is 11.6 Å². The van der Waals surface area contributed by atoms with Gasteiger partial charge < -0.3 is 4.74 Å². The summed E-state index contributed by atoms with van der Waals surface area (Å²) in [5, 5.41) is 0.557. The van der Waals surface area contributed by atoms with Crippen molar-refractivity contribution in [1.82, 2.24) is 4.68 Å². The third-order valence-electron chi connectivity index (χ3n) is 1.06. The van der Waals surface area contributed by atoms with Gasteiger partial charge in [0.2, 0.25) is 0 Å². The van der Waals surface area contributed by atoms with Gasteiger partial charge >= 0.3 is 6.09 Å². The fourth-order valence-electron chi connectivity index (χ4n) is 0.591. The van der Waals surface area contributed by atoms with E-state index in [0.717, 1.165) is 0 Å². The molecular formula is C6H7ClN2O2. The molecule has 1 heterocycles. The monoisotopic (exact) mass is 174 g/mol. The first-order chi connectivity index (χ1) is 5.22. The molecule has 1 aromatic heterocycles. The Labute approximate surface area is 68.7 Å². The quantitative estimate of drug-likeness (QED) is 0.701. The van der Waals surface area contributed by atoms with Gasteiger partial charge in [0.05, 0.1) is 12.1 Å². The number of halogens is 1. The number of aromatic nitrogens is 1. The van der Waals surface area contributed by atoms with Gasteiger partial charge in [-0.05, 0) is 6.07 Å². The van der Waals surface area contributed by atoms with Crippen LogP contribution < -0.4 is 5.43 Å². The van der Waals surface area contributed by atoms with E-state index in [1.54, 1.807) is 18.5 Å². The van der Waals surface area contributed by atoms with Gasteiger partial charge in [-0.1, -0.05) is 11.6 Å². The Morgan fingerprint density at radius 1 is 1.82 bits per heavy atom. The molecule has 0 saturated carbocycles. The number of hydrogen-bond donors (Lipinski definition) is 1. The van der Waals surface area contributed by atoms with Crippen molar-refractivity contribution in [2.24, 2.45) is 0 Å². The maximum Gasteiger partial charge on any atom is 0.426 e. The summed E-state index contributed by atoms with van der Waals surface area (Å²) in [4.78, 5) is 10.6. The molecule has 0 unspecified atom stereocenters. The lowest BCUT2D eigenvalue weighted by Gasteiger charge is -2.02. The van der Waals surface area contributed by atoms with Gasteiger partial charge in [-0.25, -0.2) is 10.2 Å². The molecular weight excluding hydrogens is 168 g/mol. The van der Waals surface area contributed by atoms with Gasteiger partial charge in [0, 0.05) is 12.4 Å². The molecule has 0 bridgehead atoms. The maximum absolute atomic E-state index is 10.6. The molecule has 5 heteroatoms. The summed E-state index contributed by atoms with van der Waals surface area (Å²) in [5.74, 6) is 0. The van der Waals surface area contributed by atoms with Crippen LogP contribution in [0, 0.1) is 0 Å². The maximum atomic E-state index is 10.6. The SMILES string of the molecule is COC(=O)Nn1ccc(Cl)c1. The largest absolute Gasteiger partial charge is 0.452 e. The smallest absolute Gasteiger partial charge is 0.426 e. The number of methoxy groups -OCH3 is 1. The lowest BCUT2D eigenvalue weighted by atomic mass is 10.7. The molecule has 0 aromatic carbocycles. The lowest BCUT2D eigenvalue weighted by molar-refractivity contribution is 0.183. The number of carbonyl (C=O) groups excluding carboxylic acids is 1. The van der Waals surface area contributed by atoms with Crippen LogP contribution in [0.5, 0.6) is 0 Å². The number of nitrogens with one attached hydrogen (secondary N) is 1. The molecule has 0 aliphatic carbocycles. The van der Waals surface area contributed by atoms with Crippen LogP contribution in [0.15, 0.2) is 18.5 Å². The Morgan fingerprint density at radius 2 is 2.55 bits per heavy atom. The predicted molar refractivity (Wildman–Crippen MR) is 41.2 cm³/mol. The van der Waals surface area contributed by atoms with Crippen LogP contribution in [0.2, 0.25) is 5.02 Å². The van der Waals surface area contributed by atoms with E-state index in [-0.39, 0.29) is 0 Å². The molecule has 0 saturated heterocycles. The molecule has 0 radical (unpaired) electrons. The van der Waals surface area contributed by atoms with Crippen LogP contribution in [0.3, 0.4) is 0 Å². The van der Waals surface area contributed by atoms with Crippen molar-refractivity contribution in [3.05, 3.63) is 23.5 Å². The third-order valence-corrected chi connectivity index (χ3v) is 1.29. The molecule has 11 heavy (non-hydrogen) atoms. The molecule has 1 aromatic rings. The second-order valence-electron chi connectivity index (χ2n) is 1.84. The van der Waals surface area contributed by atoms with Crippen LogP contribution in [-0.4, -0.2) is 17.9 Å². The fraction of sp³-hybridized carbons (Fsp3) is 0.167. The van der Waals surface area contributed by atoms with Crippen LogP contribution in [-0.2, 0) is 4.74 Å². The second kappa shape index (κ2) is 3.30. The van der Waals surface area contributed by atoms with E-state index in [0.29, 0.717) is 5.02 Å². The first-order valence-corrected chi connectivity index (χ1v) is 3.28. The highest BCUT2D eigenvalue weighted by Crippen LogP contribution is 2.05. The van der Waals surface area contributed by atoms with Crippen LogP contribution in [0.25, 0.3) is 0 Å². The molecule has 0 aliphatic heterocycles. The molecule has 1 N–H and O–H groups in total. The zero-order valence-electron chi connectivity index (χ0n) is 5.87. The molecule has 0 atom stereocenters. The zero-order valence-corrected chi connectivity index (χ0v) is 6.63. The van der Waals surface area contributed by atoms with Gasteiger partial charge in [-0.15, -0.1) is 0 Å². The van der Waals surface area contributed by atoms with Gasteiger partial charge in [0.25, 0.3) is 0 Å². The van der Waals surface area contributed by atoms with E-state index in [9.17, 15) is 4.79 Å². The van der Waals surface area contributed by atoms with Crippen molar-refractivity contribution in [3.8, 4) is 0 Å². The second-order valence-corrected chi connectivity index (χ2v) is 2.28. The average molecular weight is 175 g/mol. The molecule has 1 rings (SSSR count). The highest BCUT2D eigenvalue weighted by atomic mass is 35.5. The summed E-state index contributed by atoms with van der Waals surface area (Å²) < 4.78 is 5.76. The predicted octanol–water partition coefficient (Wildman–Crippen LogP) is 1.45. The molecule has 0 spiro atoms. The first kappa shape index (κ1) is 7.94. The minimum atomic E-state index is -0.530. The highest BCUT2D eigenvalue weighted by molar-refractivity contribution is 6.30. The van der Waals surface area contributed by atoms with E-state index in [1.807, 2.05) is 0 Å². The molecule has 60 valence electrons. The van der Waals surface area contributed by atoms with Gasteiger partial charge in [0.1, 0.15) is 0 Å². The summed E-state index contributed by atoms with van der Waals surface area (Å²) in [6, 6.07) is 1.65.